The minimum atomic E-state index is -0.304. The average Bonchev–Trinajstić information content (AvgIpc) is 2.70. The van der Waals surface area contributed by atoms with E-state index in [1.54, 1.807) is 12.1 Å². The molecule has 4 N–H and O–H groups in total. The van der Waals surface area contributed by atoms with Crippen LogP contribution in [0.2, 0.25) is 0 Å². The van der Waals surface area contributed by atoms with Crippen molar-refractivity contribution in [2.24, 2.45) is 10.1 Å². The van der Waals surface area contributed by atoms with Gasteiger partial charge in [-0.25, -0.2) is 10.4 Å². The highest BCUT2D eigenvalue weighted by molar-refractivity contribution is 5.99. The van der Waals surface area contributed by atoms with Crippen molar-refractivity contribution in [3.05, 3.63) is 35.4 Å². The molecule has 0 aliphatic carbocycles. The maximum Gasteiger partial charge on any atom is 0.296 e. The highest BCUT2D eigenvalue weighted by atomic mass is 16.3. The van der Waals surface area contributed by atoms with Crippen LogP contribution in [0.25, 0.3) is 0 Å². The van der Waals surface area contributed by atoms with Crippen molar-refractivity contribution in [2.75, 3.05) is 0 Å². The number of hydrogen-bond acceptors (Lipinski definition) is 5. The van der Waals surface area contributed by atoms with E-state index in [4.69, 9.17) is 0 Å². The van der Waals surface area contributed by atoms with Gasteiger partial charge in [0, 0.05) is 0 Å². The van der Waals surface area contributed by atoms with E-state index < -0.39 is 0 Å². The van der Waals surface area contributed by atoms with Crippen molar-refractivity contribution < 1.29 is 10.6 Å². The van der Waals surface area contributed by atoms with Crippen LogP contribution in [0, 0.1) is 6.92 Å². The van der Waals surface area contributed by atoms with E-state index in [1.165, 1.54) is 5.53 Å². The lowest BCUT2D eigenvalue weighted by atomic mass is 10.1. The number of hydrazine groups is 1. The van der Waals surface area contributed by atoms with E-state index in [-0.39, 0.29) is 11.9 Å². The van der Waals surface area contributed by atoms with Gasteiger partial charge in [-0.05, 0) is 23.5 Å². The molecule has 0 spiro atoms. The summed E-state index contributed by atoms with van der Waals surface area (Å²) in [7, 11) is 0. The molecule has 1 aliphatic heterocycles. The Morgan fingerprint density at radius 3 is 3.07 bits per heavy atom. The number of guanidine groups is 1. The first-order valence-electron chi connectivity index (χ1n) is 4.49. The highest BCUT2D eigenvalue weighted by Gasteiger charge is 2.05. The molecule has 1 aromatic carbocycles. The second-order valence-electron chi connectivity index (χ2n) is 3.14. The Hall–Kier alpha value is -1.92. The molecule has 0 bridgehead atoms. The van der Waals surface area contributed by atoms with E-state index in [1.807, 2.05) is 19.1 Å². The molecule has 6 nitrogen and oxygen atoms in total. The third kappa shape index (κ3) is 2.30. The van der Waals surface area contributed by atoms with Crippen LogP contribution in [0.5, 0.6) is 0 Å². The van der Waals surface area contributed by atoms with Gasteiger partial charge < -0.3 is 5.11 Å². The fourth-order valence-electron chi connectivity index (χ4n) is 1.22. The molecule has 0 aromatic heterocycles. The molecular formula is C9H11N5O. The number of nitrogens with one attached hydrogen (secondary N) is 2. The zero-order chi connectivity index (χ0) is 10.7. The first-order chi connectivity index (χ1) is 7.25. The Labute approximate surface area is 86.7 Å². The second-order valence-corrected chi connectivity index (χ2v) is 3.14. The average molecular weight is 205 g/mol. The van der Waals surface area contributed by atoms with Crippen molar-refractivity contribution in [3.8, 4) is 0 Å². The molecule has 0 atom stereocenters. The van der Waals surface area contributed by atoms with Gasteiger partial charge in [0.2, 0.25) is 0 Å². The first kappa shape index (κ1) is 9.63. The molecule has 0 saturated heterocycles. The molecule has 0 amide bonds. The summed E-state index contributed by atoms with van der Waals surface area (Å²) in [6.07, 6.45) is 0. The van der Waals surface area contributed by atoms with Gasteiger partial charge in [0.1, 0.15) is 0 Å². The van der Waals surface area contributed by atoms with Crippen LogP contribution in [0.1, 0.15) is 11.1 Å². The number of nitrogens with zero attached hydrogens (tertiary/aromatic N) is 2. The fraction of sp³-hybridized carbons (Fsp3) is 0.111. The van der Waals surface area contributed by atoms with Gasteiger partial charge in [0.15, 0.2) is 0 Å². The predicted octanol–water partition coefficient (Wildman–Crippen LogP) is -2.04. The van der Waals surface area contributed by atoms with Crippen molar-refractivity contribution in [2.45, 2.75) is 6.92 Å². The van der Waals surface area contributed by atoms with Gasteiger partial charge in [0.25, 0.3) is 5.96 Å². The number of aryl methyl sites for hydroxylation is 1. The second kappa shape index (κ2) is 4.07. The van der Waals surface area contributed by atoms with Crippen molar-refractivity contribution in [3.63, 3.8) is 0 Å². The van der Waals surface area contributed by atoms with Crippen LogP contribution >= 0.6 is 0 Å². The summed E-state index contributed by atoms with van der Waals surface area (Å²) in [6, 6.07) is 7.27. The van der Waals surface area contributed by atoms with Crippen LogP contribution in [0.4, 0.5) is 0 Å². The number of hydrogen-bond donors (Lipinski definition) is 3. The highest BCUT2D eigenvalue weighted by Crippen LogP contribution is 2.03. The maximum atomic E-state index is 11.6. The molecule has 78 valence electrons. The van der Waals surface area contributed by atoms with Crippen LogP contribution in [0.15, 0.2) is 34.4 Å². The minimum absolute atomic E-state index is 0.279. The van der Waals surface area contributed by atoms with E-state index in [0.717, 1.165) is 5.56 Å². The van der Waals surface area contributed by atoms with Crippen molar-refractivity contribution in [1.29, 1.82) is 0 Å². The molecule has 6 heteroatoms. The lowest BCUT2D eigenvalue weighted by Crippen LogP contribution is -2.87. The summed E-state index contributed by atoms with van der Waals surface area (Å²) in [5.41, 5.74) is 8.27. The normalized spacial score (nSPS) is 16.1. The zero-order valence-electron chi connectivity index (χ0n) is 8.19. The molecule has 1 aromatic rings. The summed E-state index contributed by atoms with van der Waals surface area (Å²) < 4.78 is 0. The third-order valence-electron chi connectivity index (χ3n) is 1.91. The number of rotatable bonds is 1. The van der Waals surface area contributed by atoms with Crippen LogP contribution in [-0.4, -0.2) is 11.9 Å². The number of aliphatic imine (C=N–C) groups is 1. The van der Waals surface area contributed by atoms with Gasteiger partial charge in [-0.15, -0.1) is 5.53 Å². The molecule has 1 aliphatic rings. The van der Waals surface area contributed by atoms with Crippen molar-refractivity contribution >= 4 is 11.9 Å². The molecule has 2 rings (SSSR count). The van der Waals surface area contributed by atoms with Crippen molar-refractivity contribution in [1.82, 2.24) is 11.0 Å². The third-order valence-corrected chi connectivity index (χ3v) is 1.91. The number of benzene rings is 1. The van der Waals surface area contributed by atoms with E-state index in [2.05, 4.69) is 21.1 Å². The molecule has 0 radical (unpaired) electrons. The van der Waals surface area contributed by atoms with Gasteiger partial charge in [-0.3, -0.25) is 0 Å². The summed E-state index contributed by atoms with van der Waals surface area (Å²) in [6.45, 7) is 1.93. The molecule has 0 fully saturated rings. The standard InChI is InChI=1S/C9H11N5O/c1-6-3-2-4-7(5-6)8(15)10-9-11-13-14-12-9/h2-5,13-14H,1H3,(H2,10,11,12,15). The lowest BCUT2D eigenvalue weighted by molar-refractivity contribution is -0.713. The largest absolute Gasteiger partial charge is 0.858 e. The van der Waals surface area contributed by atoms with Crippen LogP contribution in [0.3, 0.4) is 0 Å². The van der Waals surface area contributed by atoms with Gasteiger partial charge >= 0.3 is 0 Å². The van der Waals surface area contributed by atoms with Crippen LogP contribution < -0.4 is 21.6 Å². The van der Waals surface area contributed by atoms with E-state index >= 15 is 0 Å². The quantitative estimate of drug-likeness (QED) is 0.280. The minimum Gasteiger partial charge on any atom is -0.858 e. The predicted molar refractivity (Wildman–Crippen MR) is 53.3 cm³/mol. The lowest BCUT2D eigenvalue weighted by Gasteiger charge is -2.10. The Balaban J connectivity index is 2.23. The Bertz CT molecular complexity index is 426. The maximum absolute atomic E-state index is 11.6. The molecular weight excluding hydrogens is 194 g/mol. The topological polar surface area (TPSA) is 88.5 Å². The Morgan fingerprint density at radius 1 is 1.53 bits per heavy atom. The fourth-order valence-corrected chi connectivity index (χ4v) is 1.22. The van der Waals surface area contributed by atoms with Crippen LogP contribution in [-0.2, 0) is 0 Å². The monoisotopic (exact) mass is 205 g/mol. The Kier molecular flexibility index (Phi) is 2.61. The zero-order valence-corrected chi connectivity index (χ0v) is 8.19. The number of nitrogens with two attached hydrogens (primary N) is 1. The molecule has 0 saturated carbocycles. The summed E-state index contributed by atoms with van der Waals surface area (Å²) in [5, 5.41) is 15.4. The van der Waals surface area contributed by atoms with E-state index in [0.29, 0.717) is 5.56 Å². The van der Waals surface area contributed by atoms with Gasteiger partial charge in [0.05, 0.1) is 0 Å². The van der Waals surface area contributed by atoms with Gasteiger partial charge in [-0.2, -0.15) is 0 Å². The smallest absolute Gasteiger partial charge is 0.296 e. The SMILES string of the molecule is Cc1cccc(C([O-])=NC2=N[NH2+]NN2)c1. The molecule has 0 unspecified atom stereocenters. The summed E-state index contributed by atoms with van der Waals surface area (Å²) >= 11 is 0. The van der Waals surface area contributed by atoms with Gasteiger partial charge in [-0.1, -0.05) is 35.4 Å². The summed E-state index contributed by atoms with van der Waals surface area (Å²) in [5.74, 6) is -0.0245. The molecule has 1 heterocycles. The first-order valence-corrected chi connectivity index (χ1v) is 4.49. The number of quaternary nitrogens is 1. The molecule has 15 heavy (non-hydrogen) atoms. The Morgan fingerprint density at radius 2 is 2.40 bits per heavy atom. The summed E-state index contributed by atoms with van der Waals surface area (Å²) in [4.78, 5) is 3.79. The van der Waals surface area contributed by atoms with E-state index in [9.17, 15) is 5.11 Å².